The number of nitrogens with zero attached hydrogens (tertiary/aromatic N) is 3. The number of ether oxygens (including phenoxy) is 1. The van der Waals surface area contributed by atoms with Gasteiger partial charge in [0.2, 0.25) is 5.16 Å². The fourth-order valence-electron chi connectivity index (χ4n) is 2.21. The van der Waals surface area contributed by atoms with Gasteiger partial charge in [-0.2, -0.15) is 0 Å². The minimum Gasteiger partial charge on any atom is -0.468 e. The van der Waals surface area contributed by atoms with Crippen LogP contribution in [0.5, 0.6) is 0 Å². The lowest BCUT2D eigenvalue weighted by Crippen LogP contribution is -2.19. The molecule has 0 spiro atoms. The van der Waals surface area contributed by atoms with E-state index in [1.165, 1.54) is 42.8 Å². The summed E-state index contributed by atoms with van der Waals surface area (Å²) in [5, 5.41) is 8.77. The first-order chi connectivity index (χ1) is 8.72. The van der Waals surface area contributed by atoms with E-state index in [1.54, 1.807) is 0 Å². The summed E-state index contributed by atoms with van der Waals surface area (Å²) in [6.07, 6.45) is 5.98. The third-order valence-electron chi connectivity index (χ3n) is 3.21. The van der Waals surface area contributed by atoms with Gasteiger partial charge in [-0.15, -0.1) is 10.2 Å². The number of esters is 1. The molecule has 100 valence electrons. The monoisotopic (exact) mass is 270 g/mol. The molecule has 0 radical (unpaired) electrons. The van der Waals surface area contributed by atoms with Gasteiger partial charge in [-0.3, -0.25) is 4.79 Å². The van der Waals surface area contributed by atoms with Crippen molar-refractivity contribution in [3.05, 3.63) is 5.82 Å². The quantitative estimate of drug-likeness (QED) is 0.504. The highest BCUT2D eigenvalue weighted by Crippen LogP contribution is 2.32. The highest BCUT2D eigenvalue weighted by molar-refractivity contribution is 7.99. The molecule has 2 N–H and O–H groups in total. The summed E-state index contributed by atoms with van der Waals surface area (Å²) in [6, 6.07) is 0. The molecular weight excluding hydrogens is 252 g/mol. The van der Waals surface area contributed by atoms with Gasteiger partial charge < -0.3 is 10.6 Å². The number of carbonyl (C=O) groups is 1. The lowest BCUT2D eigenvalue weighted by atomic mass is 9.89. The first-order valence-electron chi connectivity index (χ1n) is 6.12. The highest BCUT2D eigenvalue weighted by atomic mass is 32.2. The molecule has 0 atom stereocenters. The van der Waals surface area contributed by atoms with E-state index in [0.29, 0.717) is 11.1 Å². The predicted octanol–water partition coefficient (Wildman–Crippen LogP) is 1.30. The molecule has 1 fully saturated rings. The predicted molar refractivity (Wildman–Crippen MR) is 68.7 cm³/mol. The van der Waals surface area contributed by atoms with Crippen molar-refractivity contribution in [2.45, 2.75) is 43.2 Å². The standard InChI is InChI=1S/C11H18N4O2S/c1-17-9(16)7-18-11-14-13-10(15(11)12)8-5-3-2-4-6-8/h8H,2-7,12H2,1H3. The van der Waals surface area contributed by atoms with Crippen LogP contribution in [0.15, 0.2) is 5.16 Å². The zero-order chi connectivity index (χ0) is 13.0. The van der Waals surface area contributed by atoms with Gasteiger partial charge in [0.05, 0.1) is 12.9 Å². The van der Waals surface area contributed by atoms with E-state index in [9.17, 15) is 4.79 Å². The second-order valence-corrected chi connectivity index (χ2v) is 5.35. The molecule has 1 aliphatic rings. The largest absolute Gasteiger partial charge is 0.468 e. The fraction of sp³-hybridized carbons (Fsp3) is 0.727. The minimum absolute atomic E-state index is 0.205. The van der Waals surface area contributed by atoms with E-state index in [1.807, 2.05) is 0 Å². The molecule has 0 aliphatic heterocycles. The van der Waals surface area contributed by atoms with E-state index in [4.69, 9.17) is 5.84 Å². The number of nitrogens with two attached hydrogens (primary N) is 1. The molecular formula is C11H18N4O2S. The van der Waals surface area contributed by atoms with Crippen molar-refractivity contribution < 1.29 is 9.53 Å². The number of hydrogen-bond donors (Lipinski definition) is 1. The van der Waals surface area contributed by atoms with Gasteiger partial charge in [-0.05, 0) is 12.8 Å². The number of thioether (sulfide) groups is 1. The van der Waals surface area contributed by atoms with Crippen molar-refractivity contribution in [2.24, 2.45) is 0 Å². The van der Waals surface area contributed by atoms with Gasteiger partial charge in [0, 0.05) is 5.92 Å². The molecule has 1 aliphatic carbocycles. The van der Waals surface area contributed by atoms with Crippen LogP contribution >= 0.6 is 11.8 Å². The van der Waals surface area contributed by atoms with Gasteiger partial charge in [0.15, 0.2) is 5.82 Å². The first kappa shape index (κ1) is 13.2. The summed E-state index contributed by atoms with van der Waals surface area (Å²) >= 11 is 1.25. The maximum atomic E-state index is 11.1. The van der Waals surface area contributed by atoms with Crippen molar-refractivity contribution in [3.63, 3.8) is 0 Å². The summed E-state index contributed by atoms with van der Waals surface area (Å²) < 4.78 is 6.09. The van der Waals surface area contributed by atoms with Crippen LogP contribution in [0.1, 0.15) is 43.8 Å². The molecule has 1 aromatic heterocycles. The number of nitrogen functional groups attached to an aromatic ring is 1. The Morgan fingerprint density at radius 3 is 2.83 bits per heavy atom. The minimum atomic E-state index is -0.290. The maximum Gasteiger partial charge on any atom is 0.316 e. The summed E-state index contributed by atoms with van der Waals surface area (Å²) in [7, 11) is 1.36. The van der Waals surface area contributed by atoms with E-state index in [0.717, 1.165) is 18.7 Å². The van der Waals surface area contributed by atoms with Gasteiger partial charge in [-0.25, -0.2) is 4.68 Å². The Morgan fingerprint density at radius 1 is 1.44 bits per heavy atom. The third-order valence-corrected chi connectivity index (χ3v) is 4.12. The van der Waals surface area contributed by atoms with Crippen LogP contribution < -0.4 is 5.84 Å². The molecule has 18 heavy (non-hydrogen) atoms. The Labute approximate surface area is 110 Å². The molecule has 1 aromatic rings. The Kier molecular flexibility index (Phi) is 4.46. The molecule has 0 unspecified atom stereocenters. The van der Waals surface area contributed by atoms with E-state index < -0.39 is 0 Å². The molecule has 0 aromatic carbocycles. The number of aromatic nitrogens is 3. The summed E-state index contributed by atoms with van der Waals surface area (Å²) in [5.74, 6) is 7.14. The van der Waals surface area contributed by atoms with Crippen LogP contribution in [0.2, 0.25) is 0 Å². The van der Waals surface area contributed by atoms with Crippen molar-refractivity contribution >= 4 is 17.7 Å². The zero-order valence-corrected chi connectivity index (χ0v) is 11.3. The normalized spacial score (nSPS) is 16.7. The van der Waals surface area contributed by atoms with Crippen molar-refractivity contribution in [1.82, 2.24) is 14.9 Å². The van der Waals surface area contributed by atoms with Gasteiger partial charge >= 0.3 is 5.97 Å². The Bertz CT molecular complexity index is 415. The SMILES string of the molecule is COC(=O)CSc1nnc(C2CCCCC2)n1N. The smallest absolute Gasteiger partial charge is 0.316 e. The van der Waals surface area contributed by atoms with Crippen LogP contribution in [0.4, 0.5) is 0 Å². The molecule has 6 nitrogen and oxygen atoms in total. The zero-order valence-electron chi connectivity index (χ0n) is 10.5. The van der Waals surface area contributed by atoms with Crippen molar-refractivity contribution in [1.29, 1.82) is 0 Å². The average molecular weight is 270 g/mol. The number of rotatable bonds is 4. The van der Waals surface area contributed by atoms with Crippen LogP contribution in [-0.4, -0.2) is 33.7 Å². The molecule has 0 bridgehead atoms. The van der Waals surface area contributed by atoms with E-state index >= 15 is 0 Å². The molecule has 0 amide bonds. The van der Waals surface area contributed by atoms with E-state index in [-0.39, 0.29) is 11.7 Å². The Balaban J connectivity index is 2.01. The second kappa shape index (κ2) is 6.08. The Hall–Kier alpha value is -1.24. The fourth-order valence-corrected chi connectivity index (χ4v) is 2.90. The molecule has 1 saturated carbocycles. The third kappa shape index (κ3) is 2.95. The molecule has 2 rings (SSSR count). The number of methoxy groups -OCH3 is 1. The average Bonchev–Trinajstić information content (AvgIpc) is 2.78. The van der Waals surface area contributed by atoms with Crippen LogP contribution in [0.3, 0.4) is 0 Å². The van der Waals surface area contributed by atoms with Gasteiger partial charge in [0.25, 0.3) is 0 Å². The van der Waals surface area contributed by atoms with Crippen LogP contribution in [0.25, 0.3) is 0 Å². The Morgan fingerprint density at radius 2 is 2.17 bits per heavy atom. The van der Waals surface area contributed by atoms with E-state index in [2.05, 4.69) is 14.9 Å². The lowest BCUT2D eigenvalue weighted by molar-refractivity contribution is -0.137. The highest BCUT2D eigenvalue weighted by Gasteiger charge is 2.22. The summed E-state index contributed by atoms with van der Waals surface area (Å²) in [6.45, 7) is 0. The van der Waals surface area contributed by atoms with Crippen LogP contribution in [0, 0.1) is 0 Å². The molecule has 0 saturated heterocycles. The topological polar surface area (TPSA) is 83.0 Å². The second-order valence-electron chi connectivity index (χ2n) is 4.41. The van der Waals surface area contributed by atoms with Crippen LogP contribution in [-0.2, 0) is 9.53 Å². The number of carbonyl (C=O) groups excluding carboxylic acids is 1. The van der Waals surface area contributed by atoms with Gasteiger partial charge in [0.1, 0.15) is 0 Å². The summed E-state index contributed by atoms with van der Waals surface area (Å²) in [4.78, 5) is 11.1. The molecule has 7 heteroatoms. The lowest BCUT2D eigenvalue weighted by Gasteiger charge is -2.20. The van der Waals surface area contributed by atoms with Crippen molar-refractivity contribution in [3.8, 4) is 0 Å². The summed E-state index contributed by atoms with van der Waals surface area (Å²) in [5.41, 5.74) is 0. The van der Waals surface area contributed by atoms with Crippen molar-refractivity contribution in [2.75, 3.05) is 18.7 Å². The molecule has 1 heterocycles. The van der Waals surface area contributed by atoms with Gasteiger partial charge in [-0.1, -0.05) is 31.0 Å². The maximum absolute atomic E-state index is 11.1. The first-order valence-corrected chi connectivity index (χ1v) is 7.11. The number of hydrogen-bond acceptors (Lipinski definition) is 6.